The van der Waals surface area contributed by atoms with Crippen LogP contribution in [0, 0.1) is 5.92 Å². The molecule has 1 atom stereocenters. The van der Waals surface area contributed by atoms with Crippen LogP contribution >= 0.6 is 24.8 Å². The zero-order chi connectivity index (χ0) is 16.2. The van der Waals surface area contributed by atoms with Crippen LogP contribution in [0.4, 0.5) is 5.82 Å². The van der Waals surface area contributed by atoms with Crippen molar-refractivity contribution in [1.29, 1.82) is 0 Å². The molecule has 2 aliphatic rings. The van der Waals surface area contributed by atoms with Crippen LogP contribution in [0.15, 0.2) is 18.3 Å². The lowest BCUT2D eigenvalue weighted by atomic mass is 9.99. The Morgan fingerprint density at radius 3 is 2.52 bits per heavy atom. The van der Waals surface area contributed by atoms with E-state index in [2.05, 4.69) is 22.1 Å². The van der Waals surface area contributed by atoms with Gasteiger partial charge in [-0.2, -0.15) is 0 Å². The lowest BCUT2D eigenvalue weighted by Gasteiger charge is -2.31. The first-order valence-electron chi connectivity index (χ1n) is 8.85. The van der Waals surface area contributed by atoms with Gasteiger partial charge in [-0.05, 0) is 50.8 Å². The fourth-order valence-corrected chi connectivity index (χ4v) is 3.65. The summed E-state index contributed by atoms with van der Waals surface area (Å²) < 4.78 is 0. The van der Waals surface area contributed by atoms with Gasteiger partial charge in [0, 0.05) is 38.4 Å². The van der Waals surface area contributed by atoms with Gasteiger partial charge in [0.05, 0.1) is 5.56 Å². The second-order valence-corrected chi connectivity index (χ2v) is 6.93. The number of pyridine rings is 1. The van der Waals surface area contributed by atoms with Crippen LogP contribution in [0.5, 0.6) is 0 Å². The van der Waals surface area contributed by atoms with Crippen LogP contribution in [0.2, 0.25) is 0 Å². The molecule has 0 aromatic carbocycles. The third kappa shape index (κ3) is 5.22. The molecule has 1 aromatic rings. The lowest BCUT2D eigenvalue weighted by molar-refractivity contribution is 0.0736. The van der Waals surface area contributed by atoms with Gasteiger partial charge in [0.1, 0.15) is 5.82 Å². The van der Waals surface area contributed by atoms with E-state index in [4.69, 9.17) is 0 Å². The van der Waals surface area contributed by atoms with Crippen molar-refractivity contribution in [2.75, 3.05) is 38.1 Å². The summed E-state index contributed by atoms with van der Waals surface area (Å²) in [5.74, 6) is 1.93. The minimum Gasteiger partial charge on any atom is -0.357 e. The highest BCUT2D eigenvalue weighted by atomic mass is 35.5. The first kappa shape index (κ1) is 22.0. The first-order chi connectivity index (χ1) is 11.2. The summed E-state index contributed by atoms with van der Waals surface area (Å²) in [6.45, 7) is 6.17. The number of hydrogen-bond donors (Lipinski definition) is 1. The number of rotatable bonds is 4. The number of aromatic nitrogens is 1. The number of likely N-dealkylation sites (N-methyl/N-ethyl adjacent to an activating group) is 1. The maximum Gasteiger partial charge on any atom is 0.255 e. The van der Waals surface area contributed by atoms with Gasteiger partial charge in [0.2, 0.25) is 0 Å². The first-order valence-corrected chi connectivity index (χ1v) is 8.85. The van der Waals surface area contributed by atoms with E-state index in [1.54, 1.807) is 6.20 Å². The van der Waals surface area contributed by atoms with Gasteiger partial charge in [-0.15, -0.1) is 24.8 Å². The molecule has 3 rings (SSSR count). The number of carbonyl (C=O) groups is 1. The van der Waals surface area contributed by atoms with Crippen LogP contribution < -0.4 is 10.2 Å². The average molecular weight is 389 g/mol. The number of halogens is 2. The average Bonchev–Trinajstić information content (AvgIpc) is 3.04. The Labute approximate surface area is 163 Å². The summed E-state index contributed by atoms with van der Waals surface area (Å²) in [6.07, 6.45) is 6.38. The molecular formula is C18H30Cl2N4O. The van der Waals surface area contributed by atoms with Crippen molar-refractivity contribution in [3.8, 4) is 0 Å². The SMILES string of the molecule is CNCC1CCCN1C(=O)c1ccc(N2CCC(C)CC2)nc1.Cl.Cl. The summed E-state index contributed by atoms with van der Waals surface area (Å²) in [6, 6.07) is 4.26. The van der Waals surface area contributed by atoms with E-state index in [9.17, 15) is 4.79 Å². The summed E-state index contributed by atoms with van der Waals surface area (Å²) in [5.41, 5.74) is 0.710. The molecule has 0 radical (unpaired) electrons. The molecule has 1 N–H and O–H groups in total. The quantitative estimate of drug-likeness (QED) is 0.860. The summed E-state index contributed by atoms with van der Waals surface area (Å²) in [7, 11) is 1.94. The largest absolute Gasteiger partial charge is 0.357 e. The third-order valence-electron chi connectivity index (χ3n) is 5.18. The number of anilines is 1. The highest BCUT2D eigenvalue weighted by Crippen LogP contribution is 2.23. The van der Waals surface area contributed by atoms with E-state index >= 15 is 0 Å². The fourth-order valence-electron chi connectivity index (χ4n) is 3.65. The van der Waals surface area contributed by atoms with Crippen LogP contribution in [-0.4, -0.2) is 55.1 Å². The number of carbonyl (C=O) groups excluding carboxylic acids is 1. The minimum atomic E-state index is 0. The van der Waals surface area contributed by atoms with Crippen molar-refractivity contribution in [1.82, 2.24) is 15.2 Å². The van der Waals surface area contributed by atoms with E-state index in [-0.39, 0.29) is 30.7 Å². The number of amides is 1. The van der Waals surface area contributed by atoms with Crippen LogP contribution in [0.1, 0.15) is 43.0 Å². The Morgan fingerprint density at radius 1 is 1.20 bits per heavy atom. The summed E-state index contributed by atoms with van der Waals surface area (Å²) in [4.78, 5) is 21.6. The Morgan fingerprint density at radius 2 is 1.92 bits per heavy atom. The van der Waals surface area contributed by atoms with E-state index in [1.807, 2.05) is 24.1 Å². The van der Waals surface area contributed by atoms with E-state index < -0.39 is 0 Å². The molecule has 2 saturated heterocycles. The Kier molecular flexibility index (Phi) is 8.97. The highest BCUT2D eigenvalue weighted by Gasteiger charge is 2.29. The second kappa shape index (κ2) is 10.2. The minimum absolute atomic E-state index is 0. The highest BCUT2D eigenvalue weighted by molar-refractivity contribution is 5.94. The van der Waals surface area contributed by atoms with Gasteiger partial charge in [0.15, 0.2) is 0 Å². The van der Waals surface area contributed by atoms with Gasteiger partial charge < -0.3 is 15.1 Å². The van der Waals surface area contributed by atoms with Gasteiger partial charge in [0.25, 0.3) is 5.91 Å². The number of piperidine rings is 1. The third-order valence-corrected chi connectivity index (χ3v) is 5.18. The molecule has 25 heavy (non-hydrogen) atoms. The van der Waals surface area contributed by atoms with E-state index in [0.29, 0.717) is 11.6 Å². The zero-order valence-electron chi connectivity index (χ0n) is 15.1. The Hall–Kier alpha value is -1.04. The molecule has 2 aliphatic heterocycles. The normalized spacial score (nSPS) is 20.8. The standard InChI is InChI=1S/C18H28N4O.2ClH/c1-14-7-10-21(11-8-14)17-6-5-15(12-20-17)18(23)22-9-3-4-16(22)13-19-2;;/h5-6,12,14,16,19H,3-4,7-11,13H2,1-2H3;2*1H. The van der Waals surface area contributed by atoms with Gasteiger partial charge >= 0.3 is 0 Å². The van der Waals surface area contributed by atoms with Crippen molar-refractivity contribution in [3.63, 3.8) is 0 Å². The Bertz CT molecular complexity index is 532. The maximum absolute atomic E-state index is 12.7. The van der Waals surface area contributed by atoms with Crippen molar-refractivity contribution in [2.45, 2.75) is 38.6 Å². The molecule has 0 aliphatic carbocycles. The fraction of sp³-hybridized carbons (Fsp3) is 0.667. The van der Waals surface area contributed by atoms with Crippen molar-refractivity contribution >= 4 is 36.5 Å². The molecular weight excluding hydrogens is 359 g/mol. The number of nitrogens with zero attached hydrogens (tertiary/aromatic N) is 3. The van der Waals surface area contributed by atoms with Gasteiger partial charge in [-0.3, -0.25) is 4.79 Å². The van der Waals surface area contributed by atoms with Crippen molar-refractivity contribution in [3.05, 3.63) is 23.9 Å². The van der Waals surface area contributed by atoms with Crippen molar-refractivity contribution < 1.29 is 4.79 Å². The molecule has 1 unspecified atom stereocenters. The predicted molar refractivity (Wildman–Crippen MR) is 107 cm³/mol. The smallest absolute Gasteiger partial charge is 0.255 e. The summed E-state index contributed by atoms with van der Waals surface area (Å²) in [5, 5.41) is 3.19. The predicted octanol–water partition coefficient (Wildman–Crippen LogP) is 2.99. The monoisotopic (exact) mass is 388 g/mol. The molecule has 1 aromatic heterocycles. The van der Waals surface area contributed by atoms with Crippen LogP contribution in [0.3, 0.4) is 0 Å². The molecule has 1 amide bonds. The van der Waals surface area contributed by atoms with Crippen molar-refractivity contribution in [2.24, 2.45) is 5.92 Å². The molecule has 2 fully saturated rings. The number of likely N-dealkylation sites (tertiary alicyclic amines) is 1. The molecule has 142 valence electrons. The van der Waals surface area contributed by atoms with E-state index in [0.717, 1.165) is 50.8 Å². The Balaban J connectivity index is 0.00000156. The van der Waals surface area contributed by atoms with E-state index in [1.165, 1.54) is 12.8 Å². The topological polar surface area (TPSA) is 48.5 Å². The van der Waals surface area contributed by atoms with Gasteiger partial charge in [-0.1, -0.05) is 6.92 Å². The molecule has 0 saturated carbocycles. The molecule has 3 heterocycles. The van der Waals surface area contributed by atoms with Crippen LogP contribution in [0.25, 0.3) is 0 Å². The maximum atomic E-state index is 12.7. The van der Waals surface area contributed by atoms with Crippen LogP contribution in [-0.2, 0) is 0 Å². The zero-order valence-corrected chi connectivity index (χ0v) is 16.7. The summed E-state index contributed by atoms with van der Waals surface area (Å²) >= 11 is 0. The molecule has 0 bridgehead atoms. The lowest BCUT2D eigenvalue weighted by Crippen LogP contribution is -2.40. The molecule has 5 nitrogen and oxygen atoms in total. The van der Waals surface area contributed by atoms with Gasteiger partial charge in [-0.25, -0.2) is 4.98 Å². The number of nitrogens with one attached hydrogen (secondary N) is 1. The second-order valence-electron chi connectivity index (χ2n) is 6.93. The molecule has 0 spiro atoms. The number of hydrogen-bond acceptors (Lipinski definition) is 4. The molecule has 7 heteroatoms.